The van der Waals surface area contributed by atoms with E-state index in [0.29, 0.717) is 24.7 Å². The van der Waals surface area contributed by atoms with Gasteiger partial charge in [-0.25, -0.2) is 0 Å². The SMILES string of the molecule is C=CCNC(=S)NC(=O)C(C)(C)CCCOc1cc(C)ccc1C. The summed E-state index contributed by atoms with van der Waals surface area (Å²) in [6.45, 7) is 12.6. The van der Waals surface area contributed by atoms with Crippen molar-refractivity contribution in [1.82, 2.24) is 10.6 Å². The van der Waals surface area contributed by atoms with Gasteiger partial charge in [-0.05, 0) is 56.1 Å². The second-order valence-corrected chi connectivity index (χ2v) is 6.97. The number of thiocarbonyl (C=S) groups is 1. The summed E-state index contributed by atoms with van der Waals surface area (Å²) in [6, 6.07) is 6.16. The van der Waals surface area contributed by atoms with Crippen molar-refractivity contribution in [3.8, 4) is 5.75 Å². The molecule has 1 aromatic rings. The molecule has 0 aliphatic carbocycles. The van der Waals surface area contributed by atoms with Crippen LogP contribution in [0, 0.1) is 19.3 Å². The van der Waals surface area contributed by atoms with Crippen LogP contribution in [0.5, 0.6) is 5.75 Å². The number of aryl methyl sites for hydroxylation is 2. The Balaban J connectivity index is 2.41. The van der Waals surface area contributed by atoms with Crippen molar-refractivity contribution < 1.29 is 9.53 Å². The van der Waals surface area contributed by atoms with E-state index in [1.54, 1.807) is 6.08 Å². The highest BCUT2D eigenvalue weighted by atomic mass is 32.1. The van der Waals surface area contributed by atoms with Gasteiger partial charge in [-0.3, -0.25) is 4.79 Å². The molecule has 1 rings (SSSR count). The summed E-state index contributed by atoms with van der Waals surface area (Å²) in [5, 5.41) is 5.95. The van der Waals surface area contributed by atoms with Crippen molar-refractivity contribution in [3.05, 3.63) is 42.0 Å². The van der Waals surface area contributed by atoms with E-state index in [9.17, 15) is 4.79 Å². The van der Waals surface area contributed by atoms with Crippen LogP contribution in [0.25, 0.3) is 0 Å². The molecule has 0 atom stereocenters. The van der Waals surface area contributed by atoms with E-state index in [1.165, 1.54) is 5.56 Å². The molecule has 0 heterocycles. The van der Waals surface area contributed by atoms with Gasteiger partial charge in [0, 0.05) is 12.0 Å². The highest BCUT2D eigenvalue weighted by Crippen LogP contribution is 2.24. The minimum Gasteiger partial charge on any atom is -0.493 e. The fourth-order valence-corrected chi connectivity index (χ4v) is 2.33. The Kier molecular flexibility index (Phi) is 7.92. The Morgan fingerprint density at radius 1 is 1.38 bits per heavy atom. The Hall–Kier alpha value is -1.88. The number of ether oxygens (including phenoxy) is 1. The minimum atomic E-state index is -0.509. The van der Waals surface area contributed by atoms with Crippen molar-refractivity contribution in [2.75, 3.05) is 13.2 Å². The summed E-state index contributed by atoms with van der Waals surface area (Å²) in [7, 11) is 0. The lowest BCUT2D eigenvalue weighted by molar-refractivity contribution is -0.128. The zero-order chi connectivity index (χ0) is 18.2. The molecule has 0 bridgehead atoms. The van der Waals surface area contributed by atoms with Crippen LogP contribution in [0.15, 0.2) is 30.9 Å². The third-order valence-corrected chi connectivity index (χ3v) is 4.04. The highest BCUT2D eigenvalue weighted by Gasteiger charge is 2.27. The molecule has 0 aliphatic heterocycles. The lowest BCUT2D eigenvalue weighted by Crippen LogP contribution is -2.45. The van der Waals surface area contributed by atoms with Crippen LogP contribution in [0.1, 0.15) is 37.8 Å². The lowest BCUT2D eigenvalue weighted by Gasteiger charge is -2.24. The molecule has 132 valence electrons. The lowest BCUT2D eigenvalue weighted by atomic mass is 9.87. The van der Waals surface area contributed by atoms with Gasteiger partial charge >= 0.3 is 0 Å². The van der Waals surface area contributed by atoms with Gasteiger partial charge in [0.25, 0.3) is 0 Å². The smallest absolute Gasteiger partial charge is 0.231 e. The third kappa shape index (κ3) is 6.71. The topological polar surface area (TPSA) is 50.4 Å². The zero-order valence-electron chi connectivity index (χ0n) is 15.1. The summed E-state index contributed by atoms with van der Waals surface area (Å²) in [5.41, 5.74) is 1.79. The van der Waals surface area contributed by atoms with E-state index in [0.717, 1.165) is 17.7 Å². The number of carbonyl (C=O) groups excluding carboxylic acids is 1. The summed E-state index contributed by atoms with van der Waals surface area (Å²) in [4.78, 5) is 12.3. The van der Waals surface area contributed by atoms with Crippen molar-refractivity contribution in [1.29, 1.82) is 0 Å². The number of amides is 1. The number of rotatable bonds is 8. The summed E-state index contributed by atoms with van der Waals surface area (Å²) < 4.78 is 5.85. The zero-order valence-corrected chi connectivity index (χ0v) is 15.9. The molecule has 2 N–H and O–H groups in total. The number of hydrogen-bond acceptors (Lipinski definition) is 3. The fourth-order valence-electron chi connectivity index (χ4n) is 2.15. The Labute approximate surface area is 150 Å². The fraction of sp³-hybridized carbons (Fsp3) is 0.474. The number of hydrogen-bond donors (Lipinski definition) is 2. The van der Waals surface area contributed by atoms with Crippen LogP contribution in [0.2, 0.25) is 0 Å². The molecule has 0 aliphatic rings. The second-order valence-electron chi connectivity index (χ2n) is 6.56. The van der Waals surface area contributed by atoms with Gasteiger partial charge in [0.1, 0.15) is 5.75 Å². The summed E-state index contributed by atoms with van der Waals surface area (Å²) in [6.07, 6.45) is 3.20. The van der Waals surface area contributed by atoms with Crippen molar-refractivity contribution in [2.24, 2.45) is 5.41 Å². The van der Waals surface area contributed by atoms with Gasteiger partial charge in [-0.15, -0.1) is 6.58 Å². The molecule has 0 saturated heterocycles. The maximum atomic E-state index is 12.3. The molecular formula is C19H28N2O2S. The first-order valence-electron chi connectivity index (χ1n) is 8.16. The molecule has 24 heavy (non-hydrogen) atoms. The van der Waals surface area contributed by atoms with Crippen molar-refractivity contribution in [2.45, 2.75) is 40.5 Å². The van der Waals surface area contributed by atoms with Gasteiger partial charge in [0.15, 0.2) is 5.11 Å². The first-order chi connectivity index (χ1) is 11.3. The average Bonchev–Trinajstić information content (AvgIpc) is 2.52. The molecule has 0 radical (unpaired) electrons. The third-order valence-electron chi connectivity index (χ3n) is 3.80. The number of carbonyl (C=O) groups is 1. The second kappa shape index (κ2) is 9.42. The molecule has 0 fully saturated rings. The van der Waals surface area contributed by atoms with Crippen molar-refractivity contribution >= 4 is 23.2 Å². The van der Waals surface area contributed by atoms with Gasteiger partial charge in [-0.1, -0.05) is 32.1 Å². The van der Waals surface area contributed by atoms with Crippen molar-refractivity contribution in [3.63, 3.8) is 0 Å². The van der Waals surface area contributed by atoms with Crippen LogP contribution in [0.4, 0.5) is 0 Å². The monoisotopic (exact) mass is 348 g/mol. The van der Waals surface area contributed by atoms with E-state index in [1.807, 2.05) is 33.8 Å². The molecule has 0 unspecified atom stereocenters. The summed E-state index contributed by atoms with van der Waals surface area (Å²) >= 11 is 5.07. The Morgan fingerprint density at radius 2 is 2.08 bits per heavy atom. The standard InChI is InChI=1S/C19H28N2O2S/c1-6-11-20-18(24)21-17(22)19(4,5)10-7-12-23-16-13-14(2)8-9-15(16)3/h6,8-9,13H,1,7,10-12H2,2-5H3,(H2,20,21,22,24). The number of benzene rings is 1. The predicted molar refractivity (Wildman–Crippen MR) is 103 cm³/mol. The van der Waals surface area contributed by atoms with Gasteiger partial charge in [-0.2, -0.15) is 0 Å². The van der Waals surface area contributed by atoms with Gasteiger partial charge in [0.05, 0.1) is 6.61 Å². The molecule has 0 spiro atoms. The molecule has 1 amide bonds. The predicted octanol–water partition coefficient (Wildman–Crippen LogP) is 3.67. The normalized spacial score (nSPS) is 10.8. The van der Waals surface area contributed by atoms with E-state index in [2.05, 4.69) is 29.3 Å². The van der Waals surface area contributed by atoms with E-state index in [4.69, 9.17) is 17.0 Å². The van der Waals surface area contributed by atoms with Crippen LogP contribution in [-0.2, 0) is 4.79 Å². The molecule has 1 aromatic carbocycles. The average molecular weight is 349 g/mol. The quantitative estimate of drug-likeness (QED) is 0.428. The van der Waals surface area contributed by atoms with Crippen LogP contribution in [0.3, 0.4) is 0 Å². The van der Waals surface area contributed by atoms with Crippen LogP contribution in [-0.4, -0.2) is 24.2 Å². The molecule has 5 heteroatoms. The van der Waals surface area contributed by atoms with Crippen LogP contribution >= 0.6 is 12.2 Å². The molecule has 4 nitrogen and oxygen atoms in total. The molecular weight excluding hydrogens is 320 g/mol. The first kappa shape index (κ1) is 20.2. The van der Waals surface area contributed by atoms with Gasteiger partial charge in [0.2, 0.25) is 5.91 Å². The highest BCUT2D eigenvalue weighted by molar-refractivity contribution is 7.80. The van der Waals surface area contributed by atoms with E-state index in [-0.39, 0.29) is 5.91 Å². The maximum Gasteiger partial charge on any atom is 0.231 e. The van der Waals surface area contributed by atoms with E-state index >= 15 is 0 Å². The Bertz CT molecular complexity index is 597. The van der Waals surface area contributed by atoms with Gasteiger partial charge < -0.3 is 15.4 Å². The van der Waals surface area contributed by atoms with E-state index < -0.39 is 5.41 Å². The summed E-state index contributed by atoms with van der Waals surface area (Å²) in [5.74, 6) is 0.822. The minimum absolute atomic E-state index is 0.0872. The Morgan fingerprint density at radius 3 is 2.75 bits per heavy atom. The first-order valence-corrected chi connectivity index (χ1v) is 8.57. The molecule has 0 saturated carbocycles. The van der Waals surface area contributed by atoms with Crippen LogP contribution < -0.4 is 15.4 Å². The maximum absolute atomic E-state index is 12.3. The number of nitrogens with one attached hydrogen (secondary N) is 2. The molecule has 0 aromatic heterocycles. The largest absolute Gasteiger partial charge is 0.493 e.